The fourth-order valence-corrected chi connectivity index (χ4v) is 3.60. The Morgan fingerprint density at radius 3 is 2.12 bits per heavy atom. The molecule has 0 aliphatic heterocycles. The Kier molecular flexibility index (Phi) is 6.22. The van der Waals surface area contributed by atoms with Crippen molar-refractivity contribution in [1.29, 1.82) is 0 Å². The molecule has 130 valence electrons. The smallest absolute Gasteiger partial charge is 0.123 e. The van der Waals surface area contributed by atoms with Crippen LogP contribution in [0, 0.1) is 5.82 Å². The SMILES string of the molecule is C=CCCC1=CCC(c2ccc(CCc3ccc(F)cc3)cc2)CC1. The minimum Gasteiger partial charge on any atom is -0.207 e. The quantitative estimate of drug-likeness (QED) is 0.490. The van der Waals surface area contributed by atoms with Crippen LogP contribution in [0.25, 0.3) is 0 Å². The Bertz CT molecular complexity index is 707. The standard InChI is InChI=1S/C24H27F/c1-2-3-4-19-7-13-22(14-8-19)23-15-9-20(10-16-23)5-6-21-11-17-24(25)18-12-21/h2,7,9-12,15-18,22H,1,3-6,8,13-14H2. The lowest BCUT2D eigenvalue weighted by Crippen LogP contribution is -2.04. The maximum Gasteiger partial charge on any atom is 0.123 e. The highest BCUT2D eigenvalue weighted by Crippen LogP contribution is 2.33. The second-order valence-corrected chi connectivity index (χ2v) is 7.03. The van der Waals surface area contributed by atoms with Crippen LogP contribution in [0.2, 0.25) is 0 Å². The predicted molar refractivity (Wildman–Crippen MR) is 104 cm³/mol. The number of aryl methyl sites for hydroxylation is 2. The van der Waals surface area contributed by atoms with Gasteiger partial charge in [0, 0.05) is 0 Å². The van der Waals surface area contributed by atoms with Gasteiger partial charge >= 0.3 is 0 Å². The Morgan fingerprint density at radius 2 is 1.56 bits per heavy atom. The molecule has 0 radical (unpaired) electrons. The number of rotatable bonds is 7. The summed E-state index contributed by atoms with van der Waals surface area (Å²) in [5.41, 5.74) is 5.61. The van der Waals surface area contributed by atoms with Gasteiger partial charge in [0.05, 0.1) is 0 Å². The van der Waals surface area contributed by atoms with Crippen molar-refractivity contribution < 1.29 is 4.39 Å². The summed E-state index contributed by atoms with van der Waals surface area (Å²) in [7, 11) is 0. The van der Waals surface area contributed by atoms with Crippen molar-refractivity contribution in [2.75, 3.05) is 0 Å². The first kappa shape index (κ1) is 17.7. The van der Waals surface area contributed by atoms with Crippen molar-refractivity contribution in [3.63, 3.8) is 0 Å². The monoisotopic (exact) mass is 334 g/mol. The molecule has 1 heteroatoms. The lowest BCUT2D eigenvalue weighted by molar-refractivity contribution is 0.586. The second kappa shape index (κ2) is 8.80. The first-order chi connectivity index (χ1) is 12.2. The number of allylic oxidation sites excluding steroid dienone is 3. The molecule has 1 unspecified atom stereocenters. The largest absolute Gasteiger partial charge is 0.207 e. The molecule has 0 N–H and O–H groups in total. The maximum atomic E-state index is 12.9. The summed E-state index contributed by atoms with van der Waals surface area (Å²) in [5, 5.41) is 0. The summed E-state index contributed by atoms with van der Waals surface area (Å²) < 4.78 is 12.9. The van der Waals surface area contributed by atoms with E-state index in [1.165, 1.54) is 42.4 Å². The maximum absolute atomic E-state index is 12.9. The molecule has 0 aromatic heterocycles. The van der Waals surface area contributed by atoms with Gasteiger partial charge in [-0.2, -0.15) is 0 Å². The van der Waals surface area contributed by atoms with Crippen LogP contribution in [-0.4, -0.2) is 0 Å². The summed E-state index contributed by atoms with van der Waals surface area (Å²) in [6.45, 7) is 3.81. The number of halogens is 1. The van der Waals surface area contributed by atoms with Crippen molar-refractivity contribution in [1.82, 2.24) is 0 Å². The summed E-state index contributed by atoms with van der Waals surface area (Å²) in [5.74, 6) is 0.501. The molecule has 1 aliphatic carbocycles. The zero-order chi connectivity index (χ0) is 17.5. The molecular weight excluding hydrogens is 307 g/mol. The first-order valence-electron chi connectivity index (χ1n) is 9.36. The normalized spacial score (nSPS) is 17.2. The van der Waals surface area contributed by atoms with Crippen molar-refractivity contribution >= 4 is 0 Å². The minimum absolute atomic E-state index is 0.165. The van der Waals surface area contributed by atoms with E-state index in [1.807, 2.05) is 18.2 Å². The van der Waals surface area contributed by atoms with Gasteiger partial charge in [0.1, 0.15) is 5.82 Å². The third kappa shape index (κ3) is 5.16. The Morgan fingerprint density at radius 1 is 0.920 bits per heavy atom. The molecule has 0 spiro atoms. The summed E-state index contributed by atoms with van der Waals surface area (Å²) in [6, 6.07) is 16.0. The number of benzene rings is 2. The van der Waals surface area contributed by atoms with E-state index in [0.717, 1.165) is 19.3 Å². The molecule has 0 bridgehead atoms. The fraction of sp³-hybridized carbons (Fsp3) is 0.333. The van der Waals surface area contributed by atoms with Crippen LogP contribution in [0.1, 0.15) is 54.7 Å². The van der Waals surface area contributed by atoms with Crippen LogP contribution >= 0.6 is 0 Å². The van der Waals surface area contributed by atoms with Crippen LogP contribution < -0.4 is 0 Å². The summed E-state index contributed by atoms with van der Waals surface area (Å²) >= 11 is 0. The highest BCUT2D eigenvalue weighted by molar-refractivity contribution is 5.28. The van der Waals surface area contributed by atoms with E-state index >= 15 is 0 Å². The average molecular weight is 334 g/mol. The third-order valence-electron chi connectivity index (χ3n) is 5.24. The third-order valence-corrected chi connectivity index (χ3v) is 5.24. The van der Waals surface area contributed by atoms with E-state index < -0.39 is 0 Å². The fourth-order valence-electron chi connectivity index (χ4n) is 3.60. The van der Waals surface area contributed by atoms with Crippen molar-refractivity contribution in [3.05, 3.63) is 95.3 Å². The van der Waals surface area contributed by atoms with Gasteiger partial charge in [0.2, 0.25) is 0 Å². The molecule has 0 amide bonds. The summed E-state index contributed by atoms with van der Waals surface area (Å²) in [4.78, 5) is 0. The Labute approximate surface area is 151 Å². The van der Waals surface area contributed by atoms with E-state index in [4.69, 9.17) is 0 Å². The molecule has 0 heterocycles. The second-order valence-electron chi connectivity index (χ2n) is 7.03. The van der Waals surface area contributed by atoms with Crippen LogP contribution in [0.15, 0.2) is 72.8 Å². The number of hydrogen-bond acceptors (Lipinski definition) is 0. The first-order valence-corrected chi connectivity index (χ1v) is 9.36. The van der Waals surface area contributed by atoms with Gasteiger partial charge in [-0.05, 0) is 79.7 Å². The predicted octanol–water partition coefficient (Wildman–Crippen LogP) is 6.77. The highest BCUT2D eigenvalue weighted by Gasteiger charge is 2.15. The van der Waals surface area contributed by atoms with Crippen LogP contribution in [-0.2, 0) is 12.8 Å². The topological polar surface area (TPSA) is 0 Å². The molecule has 0 fully saturated rings. The van der Waals surface area contributed by atoms with Gasteiger partial charge in [-0.3, -0.25) is 0 Å². The number of hydrogen-bond donors (Lipinski definition) is 0. The molecule has 3 rings (SSSR count). The van der Waals surface area contributed by atoms with Crippen molar-refractivity contribution in [3.8, 4) is 0 Å². The zero-order valence-corrected chi connectivity index (χ0v) is 14.9. The van der Waals surface area contributed by atoms with Gasteiger partial charge < -0.3 is 0 Å². The van der Waals surface area contributed by atoms with Crippen LogP contribution in [0.5, 0.6) is 0 Å². The van der Waals surface area contributed by atoms with Crippen LogP contribution in [0.3, 0.4) is 0 Å². The molecule has 25 heavy (non-hydrogen) atoms. The van der Waals surface area contributed by atoms with Gasteiger partial charge in [0.25, 0.3) is 0 Å². The van der Waals surface area contributed by atoms with E-state index in [0.29, 0.717) is 5.92 Å². The van der Waals surface area contributed by atoms with Gasteiger partial charge in [0.15, 0.2) is 0 Å². The highest BCUT2D eigenvalue weighted by atomic mass is 19.1. The molecule has 0 saturated carbocycles. The Hall–Kier alpha value is -2.15. The minimum atomic E-state index is -0.165. The van der Waals surface area contributed by atoms with Crippen LogP contribution in [0.4, 0.5) is 4.39 Å². The molecule has 2 aromatic rings. The van der Waals surface area contributed by atoms with Crippen molar-refractivity contribution in [2.45, 2.75) is 50.9 Å². The lowest BCUT2D eigenvalue weighted by Gasteiger charge is -2.22. The zero-order valence-electron chi connectivity index (χ0n) is 14.9. The van der Waals surface area contributed by atoms with Gasteiger partial charge in [-0.25, -0.2) is 4.39 Å². The Balaban J connectivity index is 1.53. The molecule has 0 saturated heterocycles. The van der Waals surface area contributed by atoms with E-state index in [9.17, 15) is 4.39 Å². The molecule has 1 aliphatic rings. The molecule has 1 atom stereocenters. The average Bonchev–Trinajstić information content (AvgIpc) is 2.67. The molecule has 2 aromatic carbocycles. The summed E-state index contributed by atoms with van der Waals surface area (Å²) in [6.07, 6.45) is 12.3. The van der Waals surface area contributed by atoms with Gasteiger partial charge in [-0.1, -0.05) is 54.1 Å². The van der Waals surface area contributed by atoms with E-state index in [2.05, 4.69) is 36.9 Å². The molecule has 0 nitrogen and oxygen atoms in total. The van der Waals surface area contributed by atoms with E-state index in [1.54, 1.807) is 17.7 Å². The van der Waals surface area contributed by atoms with Crippen molar-refractivity contribution in [2.24, 2.45) is 0 Å². The lowest BCUT2D eigenvalue weighted by atomic mass is 9.83. The van der Waals surface area contributed by atoms with E-state index in [-0.39, 0.29) is 5.82 Å². The molecular formula is C24H27F. The van der Waals surface area contributed by atoms with Gasteiger partial charge in [-0.15, -0.1) is 6.58 Å².